The fraction of sp³-hybridized carbons (Fsp3) is 0.368. The first-order valence-electron chi connectivity index (χ1n) is 8.73. The van der Waals surface area contributed by atoms with Crippen molar-refractivity contribution in [3.63, 3.8) is 0 Å². The van der Waals surface area contributed by atoms with Crippen LogP contribution in [0.5, 0.6) is 11.5 Å². The number of unbranched alkanes of at least 4 members (excludes halogenated alkanes) is 1. The number of amides is 1. The van der Waals surface area contributed by atoms with Crippen LogP contribution in [0.25, 0.3) is 0 Å². The fourth-order valence-electron chi connectivity index (χ4n) is 2.83. The minimum Gasteiger partial charge on any atom is -0.494 e. The normalized spacial score (nSPS) is 15.0. The summed E-state index contributed by atoms with van der Waals surface area (Å²) in [5.74, 6) is 0.765. The molecule has 2 heterocycles. The highest BCUT2D eigenvalue weighted by Crippen LogP contribution is 2.37. The average Bonchev–Trinajstić information content (AvgIpc) is 2.64. The molecule has 0 saturated heterocycles. The molecule has 1 aromatic heterocycles. The van der Waals surface area contributed by atoms with Crippen LogP contribution in [0.1, 0.15) is 26.7 Å². The highest BCUT2D eigenvalue weighted by Gasteiger charge is 2.44. The highest BCUT2D eigenvalue weighted by atomic mass is 16.6. The van der Waals surface area contributed by atoms with Crippen molar-refractivity contribution in [1.82, 2.24) is 4.98 Å². The molecule has 1 aromatic carbocycles. The van der Waals surface area contributed by atoms with Crippen LogP contribution in [-0.2, 0) is 4.79 Å². The number of rotatable bonds is 7. The Kier molecular flexibility index (Phi) is 5.25. The molecule has 0 unspecified atom stereocenters. The van der Waals surface area contributed by atoms with Crippen molar-refractivity contribution in [3.05, 3.63) is 52.6 Å². The molecule has 2 aromatic rings. The number of pyridine rings is 1. The number of hydrogen-bond donors (Lipinski definition) is 0. The smallest absolute Gasteiger partial charge is 0.366 e. The van der Waals surface area contributed by atoms with Crippen LogP contribution in [-0.4, -0.2) is 34.6 Å². The lowest BCUT2D eigenvalue weighted by Crippen LogP contribution is -2.53. The van der Waals surface area contributed by atoms with Gasteiger partial charge < -0.3 is 19.6 Å². The molecule has 142 valence electrons. The van der Waals surface area contributed by atoms with Crippen molar-refractivity contribution < 1.29 is 19.2 Å². The van der Waals surface area contributed by atoms with E-state index in [4.69, 9.17) is 9.47 Å². The zero-order valence-corrected chi connectivity index (χ0v) is 15.3. The first kappa shape index (κ1) is 18.6. The van der Waals surface area contributed by atoms with Crippen LogP contribution in [0.15, 0.2) is 42.5 Å². The Bertz CT molecular complexity index is 838. The molecule has 0 atom stereocenters. The van der Waals surface area contributed by atoms with Gasteiger partial charge in [0.1, 0.15) is 5.75 Å². The van der Waals surface area contributed by atoms with Gasteiger partial charge in [-0.15, -0.1) is 0 Å². The number of aromatic nitrogens is 1. The molecule has 1 aliphatic heterocycles. The van der Waals surface area contributed by atoms with Crippen LogP contribution >= 0.6 is 0 Å². The summed E-state index contributed by atoms with van der Waals surface area (Å²) in [5.41, 5.74) is -1.05. The van der Waals surface area contributed by atoms with E-state index in [2.05, 4.69) is 4.98 Å². The van der Waals surface area contributed by atoms with Gasteiger partial charge in [0.15, 0.2) is 11.4 Å². The van der Waals surface area contributed by atoms with Crippen molar-refractivity contribution >= 4 is 17.5 Å². The predicted octanol–water partition coefficient (Wildman–Crippen LogP) is 3.35. The maximum absolute atomic E-state index is 12.7. The van der Waals surface area contributed by atoms with Crippen molar-refractivity contribution in [1.29, 1.82) is 0 Å². The quantitative estimate of drug-likeness (QED) is 0.421. The van der Waals surface area contributed by atoms with Crippen LogP contribution in [0, 0.1) is 10.1 Å². The summed E-state index contributed by atoms with van der Waals surface area (Å²) < 4.78 is 11.3. The molecule has 27 heavy (non-hydrogen) atoms. The van der Waals surface area contributed by atoms with Gasteiger partial charge in [-0.3, -0.25) is 9.69 Å². The lowest BCUT2D eigenvalue weighted by molar-refractivity contribution is -0.389. The zero-order chi connectivity index (χ0) is 19.4. The van der Waals surface area contributed by atoms with E-state index in [0.29, 0.717) is 25.3 Å². The van der Waals surface area contributed by atoms with Gasteiger partial charge in [-0.1, -0.05) is 18.2 Å². The number of fused-ring (bicyclic) bond motifs is 1. The summed E-state index contributed by atoms with van der Waals surface area (Å²) >= 11 is 0. The first-order chi connectivity index (χ1) is 12.9. The Morgan fingerprint density at radius 3 is 2.63 bits per heavy atom. The molecule has 0 fully saturated rings. The fourth-order valence-corrected chi connectivity index (χ4v) is 2.83. The number of hydrogen-bond acceptors (Lipinski definition) is 6. The van der Waals surface area contributed by atoms with E-state index in [9.17, 15) is 14.9 Å². The third-order valence-corrected chi connectivity index (χ3v) is 4.18. The van der Waals surface area contributed by atoms with E-state index in [1.165, 1.54) is 17.0 Å². The summed E-state index contributed by atoms with van der Waals surface area (Å²) in [5, 5.41) is 11.0. The van der Waals surface area contributed by atoms with Crippen LogP contribution in [0.4, 0.5) is 11.6 Å². The van der Waals surface area contributed by atoms with Gasteiger partial charge in [0.05, 0.1) is 6.61 Å². The Morgan fingerprint density at radius 1 is 1.19 bits per heavy atom. The second-order valence-electron chi connectivity index (χ2n) is 6.69. The summed E-state index contributed by atoms with van der Waals surface area (Å²) in [6.07, 6.45) is 1.39. The molecule has 8 heteroatoms. The third-order valence-electron chi connectivity index (χ3n) is 4.18. The number of carbonyl (C=O) groups excluding carboxylic acids is 1. The number of nitro groups is 1. The number of anilines is 1. The molecule has 3 rings (SSSR count). The lowest BCUT2D eigenvalue weighted by atomic mass is 10.0. The molecule has 0 bridgehead atoms. The Labute approximate surface area is 156 Å². The van der Waals surface area contributed by atoms with Crippen LogP contribution < -0.4 is 14.4 Å². The van der Waals surface area contributed by atoms with E-state index in [1.54, 1.807) is 13.8 Å². The molecule has 0 N–H and O–H groups in total. The number of nitrogens with zero attached hydrogens (tertiary/aromatic N) is 3. The molecule has 8 nitrogen and oxygen atoms in total. The number of carbonyl (C=O) groups is 1. The zero-order valence-electron chi connectivity index (χ0n) is 15.3. The molecule has 0 aliphatic carbocycles. The van der Waals surface area contributed by atoms with Crippen molar-refractivity contribution in [2.24, 2.45) is 0 Å². The lowest BCUT2D eigenvalue weighted by Gasteiger charge is -2.35. The average molecular weight is 371 g/mol. The van der Waals surface area contributed by atoms with E-state index in [1.807, 2.05) is 30.3 Å². The summed E-state index contributed by atoms with van der Waals surface area (Å²) in [4.78, 5) is 28.6. The first-order valence-corrected chi connectivity index (χ1v) is 8.73. The Morgan fingerprint density at radius 2 is 1.93 bits per heavy atom. The Hall–Kier alpha value is -3.16. The molecule has 1 amide bonds. The topological polar surface area (TPSA) is 94.8 Å². The van der Waals surface area contributed by atoms with Gasteiger partial charge in [-0.05, 0) is 54.8 Å². The van der Waals surface area contributed by atoms with E-state index in [0.717, 1.165) is 12.2 Å². The third kappa shape index (κ3) is 4.16. The van der Waals surface area contributed by atoms with Gasteiger partial charge in [-0.25, -0.2) is 0 Å². The van der Waals surface area contributed by atoms with Crippen LogP contribution in [0.3, 0.4) is 0 Å². The Balaban J connectivity index is 1.67. The number of para-hydroxylation sites is 1. The maximum Gasteiger partial charge on any atom is 0.366 e. The van der Waals surface area contributed by atoms with E-state index >= 15 is 0 Å². The minimum absolute atomic E-state index is 0.192. The molecule has 0 radical (unpaired) electrons. The standard InChI is InChI=1S/C19H21N3O5/c1-19(2)18(23)21(12-6-7-13-26-14-8-4-3-5-9-14)17-15(27-19)10-11-16(20-17)22(24)25/h3-5,8-11H,6-7,12-13H2,1-2H3. The van der Waals surface area contributed by atoms with Gasteiger partial charge in [-0.2, -0.15) is 0 Å². The molecular formula is C19H21N3O5. The largest absolute Gasteiger partial charge is 0.494 e. The molecule has 1 aliphatic rings. The van der Waals surface area contributed by atoms with E-state index in [-0.39, 0.29) is 17.5 Å². The highest BCUT2D eigenvalue weighted by molar-refractivity contribution is 6.01. The van der Waals surface area contributed by atoms with Gasteiger partial charge in [0.25, 0.3) is 11.7 Å². The summed E-state index contributed by atoms with van der Waals surface area (Å²) in [7, 11) is 0. The van der Waals surface area contributed by atoms with Gasteiger partial charge in [0.2, 0.25) is 0 Å². The number of ether oxygens (including phenoxy) is 2. The van der Waals surface area contributed by atoms with Gasteiger partial charge >= 0.3 is 5.82 Å². The maximum atomic E-state index is 12.7. The molecular weight excluding hydrogens is 350 g/mol. The van der Waals surface area contributed by atoms with Crippen LogP contribution in [0.2, 0.25) is 0 Å². The predicted molar refractivity (Wildman–Crippen MR) is 99.1 cm³/mol. The summed E-state index contributed by atoms with van der Waals surface area (Å²) in [6.45, 7) is 4.24. The number of benzene rings is 1. The second-order valence-corrected chi connectivity index (χ2v) is 6.69. The molecule has 0 saturated carbocycles. The van der Waals surface area contributed by atoms with E-state index < -0.39 is 10.5 Å². The SMILES string of the molecule is CC1(C)Oc2ccc([N+](=O)[O-])nc2N(CCCCOc2ccccc2)C1=O. The summed E-state index contributed by atoms with van der Waals surface area (Å²) in [6, 6.07) is 12.2. The molecule has 0 spiro atoms. The van der Waals surface area contributed by atoms with Crippen molar-refractivity contribution in [3.8, 4) is 11.5 Å². The second kappa shape index (κ2) is 7.61. The monoisotopic (exact) mass is 371 g/mol. The van der Waals surface area contributed by atoms with Crippen molar-refractivity contribution in [2.45, 2.75) is 32.3 Å². The van der Waals surface area contributed by atoms with Gasteiger partial charge in [0, 0.05) is 12.6 Å². The minimum atomic E-state index is -1.05. The van der Waals surface area contributed by atoms with Crippen molar-refractivity contribution in [2.75, 3.05) is 18.1 Å².